The minimum absolute atomic E-state index is 0.313. The summed E-state index contributed by atoms with van der Waals surface area (Å²) in [5, 5.41) is 3.30. The molecular weight excluding hydrogens is 585 g/mol. The number of thioether (sulfide) groups is 1. The van der Waals surface area contributed by atoms with E-state index in [-0.39, 0.29) is 6.54 Å². The Hall–Kier alpha value is -3.37. The summed E-state index contributed by atoms with van der Waals surface area (Å²) in [7, 11) is 0. The fourth-order valence-corrected chi connectivity index (χ4v) is 5.43. The molecule has 1 aliphatic rings. The fourth-order valence-electron chi connectivity index (χ4n) is 4.25. The normalized spacial score (nSPS) is 14.7. The van der Waals surface area contributed by atoms with Crippen LogP contribution in [0.2, 0.25) is 0 Å². The van der Waals surface area contributed by atoms with Gasteiger partial charge in [0.2, 0.25) is 5.91 Å². The highest BCUT2D eigenvalue weighted by molar-refractivity contribution is 14.1. The number of aromatic nitrogens is 1. The molecule has 1 fully saturated rings. The second-order valence-corrected chi connectivity index (χ2v) is 10.6. The van der Waals surface area contributed by atoms with E-state index in [0.717, 1.165) is 42.4 Å². The van der Waals surface area contributed by atoms with Crippen molar-refractivity contribution >= 4 is 74.1 Å². The SMILES string of the molecule is Cc1c(/C=C2\SC(=O)N(CC(=O)Nc3ccc(I)cc3)C2=O)c2ccccc2n1Cc1ccccc1. The summed E-state index contributed by atoms with van der Waals surface area (Å²) in [4.78, 5) is 39.6. The third kappa shape index (κ3) is 4.96. The molecule has 180 valence electrons. The van der Waals surface area contributed by atoms with E-state index in [4.69, 9.17) is 0 Å². The van der Waals surface area contributed by atoms with Crippen molar-refractivity contribution in [2.75, 3.05) is 11.9 Å². The molecule has 6 nitrogen and oxygen atoms in total. The van der Waals surface area contributed by atoms with Crippen molar-refractivity contribution in [1.82, 2.24) is 9.47 Å². The summed E-state index contributed by atoms with van der Waals surface area (Å²) in [5.74, 6) is -0.877. The lowest BCUT2D eigenvalue weighted by molar-refractivity contribution is -0.127. The summed E-state index contributed by atoms with van der Waals surface area (Å²) in [6.45, 7) is 2.39. The highest BCUT2D eigenvalue weighted by Gasteiger charge is 2.36. The maximum Gasteiger partial charge on any atom is 0.294 e. The lowest BCUT2D eigenvalue weighted by Gasteiger charge is -2.12. The van der Waals surface area contributed by atoms with Gasteiger partial charge in [0.25, 0.3) is 11.1 Å². The molecule has 1 aliphatic heterocycles. The largest absolute Gasteiger partial charge is 0.340 e. The Morgan fingerprint density at radius 3 is 2.42 bits per heavy atom. The van der Waals surface area contributed by atoms with Crippen LogP contribution in [0.15, 0.2) is 83.8 Å². The van der Waals surface area contributed by atoms with Gasteiger partial charge in [-0.2, -0.15) is 0 Å². The number of nitrogens with zero attached hydrogens (tertiary/aromatic N) is 2. The number of imide groups is 1. The molecule has 0 spiro atoms. The zero-order valence-electron chi connectivity index (χ0n) is 19.4. The summed E-state index contributed by atoms with van der Waals surface area (Å²) in [5.41, 5.74) is 4.75. The molecule has 0 aliphatic carbocycles. The number of fused-ring (bicyclic) bond motifs is 1. The van der Waals surface area contributed by atoms with E-state index in [1.165, 1.54) is 5.56 Å². The number of amides is 3. The summed E-state index contributed by atoms with van der Waals surface area (Å²) in [6.07, 6.45) is 1.78. The zero-order valence-corrected chi connectivity index (χ0v) is 22.4. The predicted octanol–water partition coefficient (Wildman–Crippen LogP) is 6.28. The Balaban J connectivity index is 1.40. The predicted molar refractivity (Wildman–Crippen MR) is 153 cm³/mol. The average Bonchev–Trinajstić information content (AvgIpc) is 3.29. The lowest BCUT2D eigenvalue weighted by atomic mass is 10.1. The molecule has 36 heavy (non-hydrogen) atoms. The fraction of sp³-hybridized carbons (Fsp3) is 0.107. The molecule has 3 amide bonds. The van der Waals surface area contributed by atoms with Gasteiger partial charge in [-0.25, -0.2) is 0 Å². The number of carbonyl (C=O) groups is 3. The van der Waals surface area contributed by atoms with E-state index in [1.54, 1.807) is 18.2 Å². The topological polar surface area (TPSA) is 71.4 Å². The molecular formula is C28H22IN3O3S. The number of nitrogens with one attached hydrogen (secondary N) is 1. The van der Waals surface area contributed by atoms with E-state index in [2.05, 4.69) is 50.7 Å². The van der Waals surface area contributed by atoms with Crippen LogP contribution < -0.4 is 5.32 Å². The molecule has 0 atom stereocenters. The van der Waals surface area contributed by atoms with Gasteiger partial charge in [-0.15, -0.1) is 0 Å². The quantitative estimate of drug-likeness (QED) is 0.207. The van der Waals surface area contributed by atoms with Gasteiger partial charge in [-0.05, 0) is 83.2 Å². The first kappa shape index (κ1) is 24.3. The average molecular weight is 607 g/mol. The Morgan fingerprint density at radius 2 is 1.67 bits per heavy atom. The van der Waals surface area contributed by atoms with E-state index in [1.807, 2.05) is 55.5 Å². The number of hydrogen-bond acceptors (Lipinski definition) is 4. The molecule has 2 heterocycles. The lowest BCUT2D eigenvalue weighted by Crippen LogP contribution is -2.36. The first-order valence-corrected chi connectivity index (χ1v) is 13.2. The third-order valence-electron chi connectivity index (χ3n) is 6.04. The van der Waals surface area contributed by atoms with Crippen LogP contribution in [0.4, 0.5) is 10.5 Å². The maximum atomic E-state index is 13.1. The van der Waals surface area contributed by atoms with Crippen LogP contribution in [0.1, 0.15) is 16.8 Å². The van der Waals surface area contributed by atoms with Crippen molar-refractivity contribution in [2.24, 2.45) is 0 Å². The Bertz CT molecular complexity index is 1510. The van der Waals surface area contributed by atoms with Gasteiger partial charge in [-0.3, -0.25) is 19.3 Å². The van der Waals surface area contributed by atoms with Crippen LogP contribution >= 0.6 is 34.4 Å². The zero-order chi connectivity index (χ0) is 25.2. The molecule has 5 rings (SSSR count). The number of carbonyl (C=O) groups excluding carboxylic acids is 3. The van der Waals surface area contributed by atoms with E-state index < -0.39 is 17.1 Å². The smallest absolute Gasteiger partial charge is 0.294 e. The van der Waals surface area contributed by atoms with Crippen molar-refractivity contribution in [2.45, 2.75) is 13.5 Å². The molecule has 0 saturated carbocycles. The minimum Gasteiger partial charge on any atom is -0.340 e. The van der Waals surface area contributed by atoms with Crippen molar-refractivity contribution < 1.29 is 14.4 Å². The van der Waals surface area contributed by atoms with E-state index >= 15 is 0 Å². The molecule has 0 unspecified atom stereocenters. The molecule has 3 aromatic carbocycles. The molecule has 4 aromatic rings. The summed E-state index contributed by atoms with van der Waals surface area (Å²) >= 11 is 3.05. The molecule has 0 bridgehead atoms. The number of anilines is 1. The number of para-hydroxylation sites is 1. The Morgan fingerprint density at radius 1 is 0.972 bits per heavy atom. The van der Waals surface area contributed by atoms with Crippen LogP contribution in [-0.4, -0.2) is 33.1 Å². The molecule has 1 aromatic heterocycles. The number of hydrogen-bond donors (Lipinski definition) is 1. The summed E-state index contributed by atoms with van der Waals surface area (Å²) < 4.78 is 3.26. The third-order valence-corrected chi connectivity index (χ3v) is 7.67. The molecule has 0 radical (unpaired) electrons. The standard InChI is InChI=1S/C28H22IN3O3S/c1-18-23(22-9-5-6-10-24(22)31(18)16-19-7-3-2-4-8-19)15-25-27(34)32(28(35)36-25)17-26(33)30-21-13-11-20(29)12-14-21/h2-15H,16-17H2,1H3,(H,30,33)/b25-15-. The van der Waals surface area contributed by atoms with Crippen LogP contribution in [0.3, 0.4) is 0 Å². The van der Waals surface area contributed by atoms with Gasteiger partial charge in [0.15, 0.2) is 0 Å². The van der Waals surface area contributed by atoms with Gasteiger partial charge in [0, 0.05) is 38.0 Å². The summed E-state index contributed by atoms with van der Waals surface area (Å²) in [6, 6.07) is 25.5. The maximum absolute atomic E-state index is 13.1. The number of rotatable bonds is 6. The number of benzene rings is 3. The van der Waals surface area contributed by atoms with Crippen LogP contribution in [0.5, 0.6) is 0 Å². The Labute approximate surface area is 226 Å². The Kier molecular flexibility index (Phi) is 6.97. The van der Waals surface area contributed by atoms with Crippen LogP contribution in [-0.2, 0) is 16.1 Å². The highest BCUT2D eigenvalue weighted by atomic mass is 127. The van der Waals surface area contributed by atoms with E-state index in [9.17, 15) is 14.4 Å². The van der Waals surface area contributed by atoms with Crippen LogP contribution in [0, 0.1) is 10.5 Å². The van der Waals surface area contributed by atoms with Gasteiger partial charge in [0.1, 0.15) is 6.54 Å². The van der Waals surface area contributed by atoms with Crippen LogP contribution in [0.25, 0.3) is 17.0 Å². The second-order valence-electron chi connectivity index (χ2n) is 8.41. The monoisotopic (exact) mass is 607 g/mol. The molecule has 1 N–H and O–H groups in total. The van der Waals surface area contributed by atoms with Crippen molar-refractivity contribution in [3.05, 3.63) is 104 Å². The minimum atomic E-state index is -0.456. The van der Waals surface area contributed by atoms with Gasteiger partial charge >= 0.3 is 0 Å². The second kappa shape index (κ2) is 10.3. The van der Waals surface area contributed by atoms with Gasteiger partial charge < -0.3 is 9.88 Å². The van der Waals surface area contributed by atoms with Gasteiger partial charge in [-0.1, -0.05) is 48.5 Å². The first-order chi connectivity index (χ1) is 17.4. The van der Waals surface area contributed by atoms with E-state index in [0.29, 0.717) is 17.1 Å². The molecule has 8 heteroatoms. The van der Waals surface area contributed by atoms with Gasteiger partial charge in [0.05, 0.1) is 4.91 Å². The number of halogens is 1. The van der Waals surface area contributed by atoms with Crippen molar-refractivity contribution in [3.8, 4) is 0 Å². The molecule has 1 saturated heterocycles. The van der Waals surface area contributed by atoms with Crippen molar-refractivity contribution in [3.63, 3.8) is 0 Å². The highest BCUT2D eigenvalue weighted by Crippen LogP contribution is 2.35. The van der Waals surface area contributed by atoms with Crippen molar-refractivity contribution in [1.29, 1.82) is 0 Å². The first-order valence-electron chi connectivity index (χ1n) is 11.3.